The van der Waals surface area contributed by atoms with Gasteiger partial charge >= 0.3 is 5.97 Å². The number of carbonyl (C=O) groups is 1. The summed E-state index contributed by atoms with van der Waals surface area (Å²) in [4.78, 5) is 10.3. The average molecular weight is 127 g/mol. The monoisotopic (exact) mass is 127 g/mol. The fourth-order valence-electron chi connectivity index (χ4n) is 1.65. The Kier molecular flexibility index (Phi) is 1.26. The minimum Gasteiger partial charge on any atom is -0.247 e. The van der Waals surface area contributed by atoms with E-state index in [0.29, 0.717) is 5.92 Å². The standard InChI is InChI=1S/C7H11O2/c1-5-3-7(2,4-5)6(8)9/h5H,3-4H2,1-2H3. The third-order valence-electron chi connectivity index (χ3n) is 2.09. The van der Waals surface area contributed by atoms with Gasteiger partial charge in [-0.05, 0) is 25.7 Å². The molecule has 2 nitrogen and oxygen atoms in total. The third kappa shape index (κ3) is 0.934. The van der Waals surface area contributed by atoms with E-state index in [1.807, 2.05) is 0 Å². The molecule has 0 N–H and O–H groups in total. The summed E-state index contributed by atoms with van der Waals surface area (Å²) in [5, 5.41) is 10.3. The van der Waals surface area contributed by atoms with E-state index in [4.69, 9.17) is 0 Å². The van der Waals surface area contributed by atoms with Crippen molar-refractivity contribution in [1.82, 2.24) is 0 Å². The topological polar surface area (TPSA) is 37.0 Å². The Morgan fingerprint density at radius 1 is 1.56 bits per heavy atom. The van der Waals surface area contributed by atoms with Gasteiger partial charge in [0.25, 0.3) is 0 Å². The molecule has 1 aliphatic carbocycles. The molecule has 1 aliphatic rings. The van der Waals surface area contributed by atoms with Crippen LogP contribution in [0.4, 0.5) is 0 Å². The predicted octanol–water partition coefficient (Wildman–Crippen LogP) is 1.38. The summed E-state index contributed by atoms with van der Waals surface area (Å²) in [6.45, 7) is 3.81. The summed E-state index contributed by atoms with van der Waals surface area (Å²) in [6, 6.07) is 0. The van der Waals surface area contributed by atoms with Gasteiger partial charge in [0.2, 0.25) is 0 Å². The van der Waals surface area contributed by atoms with Crippen molar-refractivity contribution in [2.75, 3.05) is 0 Å². The van der Waals surface area contributed by atoms with Crippen molar-refractivity contribution >= 4 is 5.97 Å². The van der Waals surface area contributed by atoms with Crippen LogP contribution in [-0.2, 0) is 9.90 Å². The van der Waals surface area contributed by atoms with Gasteiger partial charge in [-0.25, -0.2) is 9.90 Å². The molecule has 0 aromatic rings. The minimum atomic E-state index is -0.888. The Hall–Kier alpha value is -0.530. The maximum absolute atomic E-state index is 10.3. The van der Waals surface area contributed by atoms with Crippen LogP contribution in [0.3, 0.4) is 0 Å². The van der Waals surface area contributed by atoms with Gasteiger partial charge in [0.1, 0.15) is 0 Å². The Balaban J connectivity index is 2.50. The summed E-state index contributed by atoms with van der Waals surface area (Å²) in [6.07, 6.45) is 1.57. The fraction of sp³-hybridized carbons (Fsp3) is 0.857. The SMILES string of the molecule is CC1CC(C)(C([O])=O)C1. The second-order valence-electron chi connectivity index (χ2n) is 3.36. The Bertz CT molecular complexity index is 134. The van der Waals surface area contributed by atoms with Crippen LogP contribution in [0.5, 0.6) is 0 Å². The normalized spacial score (nSPS) is 41.8. The van der Waals surface area contributed by atoms with Crippen molar-refractivity contribution in [2.45, 2.75) is 26.7 Å². The first kappa shape index (κ1) is 6.59. The van der Waals surface area contributed by atoms with Crippen LogP contribution in [0, 0.1) is 11.3 Å². The second-order valence-corrected chi connectivity index (χ2v) is 3.36. The number of carbonyl (C=O) groups excluding carboxylic acids is 1. The van der Waals surface area contributed by atoms with Crippen LogP contribution in [-0.4, -0.2) is 5.97 Å². The molecule has 1 fully saturated rings. The molecule has 0 aromatic carbocycles. The third-order valence-corrected chi connectivity index (χ3v) is 2.09. The van der Waals surface area contributed by atoms with Gasteiger partial charge < -0.3 is 0 Å². The molecule has 1 radical (unpaired) electrons. The number of rotatable bonds is 1. The van der Waals surface area contributed by atoms with E-state index in [-0.39, 0.29) is 0 Å². The molecule has 0 bridgehead atoms. The molecular weight excluding hydrogens is 116 g/mol. The minimum absolute atomic E-state index is 0.501. The van der Waals surface area contributed by atoms with Crippen LogP contribution in [0.15, 0.2) is 0 Å². The average Bonchev–Trinajstić information content (AvgIpc) is 1.62. The lowest BCUT2D eigenvalue weighted by Gasteiger charge is -2.38. The molecule has 0 spiro atoms. The largest absolute Gasteiger partial charge is 0.361 e. The molecule has 0 heterocycles. The van der Waals surface area contributed by atoms with Crippen molar-refractivity contribution in [3.63, 3.8) is 0 Å². The van der Waals surface area contributed by atoms with E-state index in [0.717, 1.165) is 12.8 Å². The molecule has 0 aliphatic heterocycles. The molecule has 0 amide bonds. The van der Waals surface area contributed by atoms with E-state index in [1.54, 1.807) is 6.92 Å². The van der Waals surface area contributed by atoms with E-state index in [1.165, 1.54) is 0 Å². The highest BCUT2D eigenvalue weighted by Gasteiger charge is 2.45. The zero-order valence-corrected chi connectivity index (χ0v) is 5.81. The van der Waals surface area contributed by atoms with Crippen LogP contribution >= 0.6 is 0 Å². The Morgan fingerprint density at radius 3 is 2.11 bits per heavy atom. The zero-order chi connectivity index (χ0) is 7.07. The number of hydrogen-bond acceptors (Lipinski definition) is 1. The first-order chi connectivity index (χ1) is 4.04. The van der Waals surface area contributed by atoms with Crippen LogP contribution in [0.2, 0.25) is 0 Å². The van der Waals surface area contributed by atoms with E-state index >= 15 is 0 Å². The fourth-order valence-corrected chi connectivity index (χ4v) is 1.65. The molecule has 0 saturated heterocycles. The quantitative estimate of drug-likeness (QED) is 0.524. The van der Waals surface area contributed by atoms with Crippen molar-refractivity contribution in [3.8, 4) is 0 Å². The van der Waals surface area contributed by atoms with Crippen molar-refractivity contribution < 1.29 is 9.90 Å². The highest BCUT2D eigenvalue weighted by Crippen LogP contribution is 2.45. The highest BCUT2D eigenvalue weighted by molar-refractivity contribution is 5.74. The number of hydrogen-bond donors (Lipinski definition) is 0. The van der Waals surface area contributed by atoms with Crippen molar-refractivity contribution in [3.05, 3.63) is 0 Å². The molecule has 0 atom stereocenters. The molecule has 2 heteroatoms. The highest BCUT2D eigenvalue weighted by atomic mass is 16.4. The molecule has 1 rings (SSSR count). The van der Waals surface area contributed by atoms with E-state index in [9.17, 15) is 9.90 Å². The van der Waals surface area contributed by atoms with Crippen LogP contribution in [0.1, 0.15) is 26.7 Å². The molecule has 0 unspecified atom stereocenters. The Labute approximate surface area is 54.9 Å². The Morgan fingerprint density at radius 2 is 2.00 bits per heavy atom. The van der Waals surface area contributed by atoms with Crippen molar-refractivity contribution in [1.29, 1.82) is 0 Å². The van der Waals surface area contributed by atoms with Crippen molar-refractivity contribution in [2.24, 2.45) is 11.3 Å². The van der Waals surface area contributed by atoms with Crippen LogP contribution in [0.25, 0.3) is 0 Å². The molecule has 0 aromatic heterocycles. The van der Waals surface area contributed by atoms with Crippen LogP contribution < -0.4 is 0 Å². The van der Waals surface area contributed by atoms with Gasteiger partial charge in [0.05, 0.1) is 5.41 Å². The van der Waals surface area contributed by atoms with E-state index in [2.05, 4.69) is 6.92 Å². The molecule has 1 saturated carbocycles. The van der Waals surface area contributed by atoms with Gasteiger partial charge in [0.15, 0.2) is 0 Å². The first-order valence-electron chi connectivity index (χ1n) is 3.26. The van der Waals surface area contributed by atoms with Gasteiger partial charge in [-0.2, -0.15) is 0 Å². The van der Waals surface area contributed by atoms with Gasteiger partial charge in [-0.1, -0.05) is 6.92 Å². The summed E-state index contributed by atoms with van der Waals surface area (Å²) in [7, 11) is 0. The molecular formula is C7H11O2. The van der Waals surface area contributed by atoms with Gasteiger partial charge in [0, 0.05) is 0 Å². The summed E-state index contributed by atoms with van der Waals surface area (Å²) >= 11 is 0. The molecule has 51 valence electrons. The maximum Gasteiger partial charge on any atom is 0.361 e. The summed E-state index contributed by atoms with van der Waals surface area (Å²) < 4.78 is 0. The summed E-state index contributed by atoms with van der Waals surface area (Å²) in [5.74, 6) is -0.312. The molecule has 9 heavy (non-hydrogen) atoms. The lowest BCUT2D eigenvalue weighted by Crippen LogP contribution is -2.39. The predicted molar refractivity (Wildman–Crippen MR) is 32.2 cm³/mol. The second kappa shape index (κ2) is 1.72. The van der Waals surface area contributed by atoms with E-state index < -0.39 is 11.4 Å². The van der Waals surface area contributed by atoms with Gasteiger partial charge in [-0.3, -0.25) is 0 Å². The maximum atomic E-state index is 10.3. The lowest BCUT2D eigenvalue weighted by molar-refractivity contribution is -0.162. The first-order valence-corrected chi connectivity index (χ1v) is 3.26. The zero-order valence-electron chi connectivity index (χ0n) is 5.81. The summed E-state index contributed by atoms with van der Waals surface area (Å²) in [5.41, 5.74) is -0.501. The van der Waals surface area contributed by atoms with Gasteiger partial charge in [-0.15, -0.1) is 0 Å². The smallest absolute Gasteiger partial charge is 0.247 e. The lowest BCUT2D eigenvalue weighted by atomic mass is 9.64.